The molecule has 0 saturated heterocycles. The molecule has 0 unspecified atom stereocenters. The van der Waals surface area contributed by atoms with Crippen LogP contribution in [0.5, 0.6) is 0 Å². The van der Waals surface area contributed by atoms with Crippen molar-refractivity contribution in [1.82, 2.24) is 9.88 Å². The second-order valence-electron chi connectivity index (χ2n) is 5.60. The van der Waals surface area contributed by atoms with Gasteiger partial charge in [0.25, 0.3) is 0 Å². The molecular weight excluding hydrogens is 320 g/mol. The van der Waals surface area contributed by atoms with E-state index in [1.807, 2.05) is 48.5 Å². The number of aliphatic hydroxyl groups excluding tert-OH is 1. The van der Waals surface area contributed by atoms with Gasteiger partial charge in [0.05, 0.1) is 12.3 Å². The van der Waals surface area contributed by atoms with Crippen LogP contribution in [0.25, 0.3) is 11.3 Å². The number of aromatic nitrogens is 1. The van der Waals surface area contributed by atoms with Crippen molar-refractivity contribution in [2.45, 2.75) is 13.1 Å². The van der Waals surface area contributed by atoms with Gasteiger partial charge in [-0.3, -0.25) is 9.69 Å². The Morgan fingerprint density at radius 1 is 0.958 bits per heavy atom. The van der Waals surface area contributed by atoms with Gasteiger partial charge < -0.3 is 10.1 Å². The van der Waals surface area contributed by atoms with Crippen molar-refractivity contribution >= 4 is 11.3 Å². The van der Waals surface area contributed by atoms with Gasteiger partial charge in [-0.15, -0.1) is 0 Å². The van der Waals surface area contributed by atoms with Crippen LogP contribution in [-0.4, -0.2) is 28.1 Å². The van der Waals surface area contributed by atoms with E-state index in [0.717, 1.165) is 22.7 Å². The van der Waals surface area contributed by atoms with Crippen molar-refractivity contribution in [3.05, 3.63) is 80.8 Å². The average molecular weight is 340 g/mol. The SMILES string of the molecule is O=c1[nH]c(-c2ccccc2)c(CN(CCO)Cc2ccccc2)s1. The summed E-state index contributed by atoms with van der Waals surface area (Å²) in [6.07, 6.45) is 0. The average Bonchev–Trinajstić information content (AvgIpc) is 2.97. The van der Waals surface area contributed by atoms with E-state index >= 15 is 0 Å². The van der Waals surface area contributed by atoms with Gasteiger partial charge in [0.15, 0.2) is 0 Å². The first kappa shape index (κ1) is 16.6. The van der Waals surface area contributed by atoms with Crippen LogP contribution in [0.4, 0.5) is 0 Å². The molecule has 0 spiro atoms. The first-order valence-corrected chi connectivity index (χ1v) is 8.72. The largest absolute Gasteiger partial charge is 0.395 e. The molecule has 0 atom stereocenters. The van der Waals surface area contributed by atoms with E-state index in [-0.39, 0.29) is 11.5 Å². The maximum atomic E-state index is 11.9. The number of hydrogen-bond acceptors (Lipinski definition) is 4. The summed E-state index contributed by atoms with van der Waals surface area (Å²) in [5, 5.41) is 9.38. The Morgan fingerprint density at radius 2 is 1.62 bits per heavy atom. The molecule has 0 aliphatic rings. The Bertz CT molecular complexity index is 812. The third kappa shape index (κ3) is 4.20. The molecule has 2 N–H and O–H groups in total. The van der Waals surface area contributed by atoms with Crippen LogP contribution < -0.4 is 4.87 Å². The maximum Gasteiger partial charge on any atom is 0.305 e. The zero-order valence-electron chi connectivity index (χ0n) is 13.3. The highest BCUT2D eigenvalue weighted by molar-refractivity contribution is 7.09. The summed E-state index contributed by atoms with van der Waals surface area (Å²) in [6, 6.07) is 20.0. The van der Waals surface area contributed by atoms with Gasteiger partial charge in [-0.25, -0.2) is 0 Å². The number of H-pyrrole nitrogens is 1. The maximum absolute atomic E-state index is 11.9. The fourth-order valence-corrected chi connectivity index (χ4v) is 3.60. The van der Waals surface area contributed by atoms with E-state index in [0.29, 0.717) is 13.1 Å². The molecule has 0 fully saturated rings. The van der Waals surface area contributed by atoms with E-state index in [2.05, 4.69) is 22.0 Å². The number of nitrogens with zero attached hydrogens (tertiary/aromatic N) is 1. The smallest absolute Gasteiger partial charge is 0.305 e. The first-order chi connectivity index (χ1) is 11.8. The summed E-state index contributed by atoms with van der Waals surface area (Å²) >= 11 is 1.24. The molecule has 0 saturated carbocycles. The van der Waals surface area contributed by atoms with Crippen LogP contribution in [0, 0.1) is 0 Å². The molecule has 1 heterocycles. The number of hydrogen-bond donors (Lipinski definition) is 2. The molecule has 4 nitrogen and oxygen atoms in total. The normalized spacial score (nSPS) is 11.1. The lowest BCUT2D eigenvalue weighted by molar-refractivity contribution is 0.185. The van der Waals surface area contributed by atoms with Crippen molar-refractivity contribution in [1.29, 1.82) is 0 Å². The lowest BCUT2D eigenvalue weighted by atomic mass is 10.1. The molecule has 5 heteroatoms. The van der Waals surface area contributed by atoms with Crippen LogP contribution in [0.15, 0.2) is 65.5 Å². The standard InChI is InChI=1S/C19H20N2O2S/c22-12-11-21(13-15-7-3-1-4-8-15)14-17-18(20-19(23)24-17)16-9-5-2-6-10-16/h1-10,22H,11-14H2,(H,20,23). The van der Waals surface area contributed by atoms with Crippen molar-refractivity contribution in [3.8, 4) is 11.3 Å². The number of nitrogens with one attached hydrogen (secondary N) is 1. The monoisotopic (exact) mass is 340 g/mol. The van der Waals surface area contributed by atoms with Gasteiger partial charge in [-0.2, -0.15) is 0 Å². The minimum Gasteiger partial charge on any atom is -0.395 e. The van der Waals surface area contributed by atoms with E-state index < -0.39 is 0 Å². The molecule has 0 bridgehead atoms. The molecule has 2 aromatic carbocycles. The quantitative estimate of drug-likeness (QED) is 0.695. The lowest BCUT2D eigenvalue weighted by Gasteiger charge is -2.21. The van der Waals surface area contributed by atoms with Crippen LogP contribution >= 0.6 is 11.3 Å². The Morgan fingerprint density at radius 3 is 2.29 bits per heavy atom. The zero-order chi connectivity index (χ0) is 16.8. The molecule has 0 radical (unpaired) electrons. The lowest BCUT2D eigenvalue weighted by Crippen LogP contribution is -2.25. The van der Waals surface area contributed by atoms with Gasteiger partial charge in [-0.05, 0) is 11.1 Å². The van der Waals surface area contributed by atoms with E-state index in [1.165, 1.54) is 16.9 Å². The van der Waals surface area contributed by atoms with Crippen LogP contribution in [0.3, 0.4) is 0 Å². The number of benzene rings is 2. The molecule has 1 aromatic heterocycles. The zero-order valence-corrected chi connectivity index (χ0v) is 14.1. The third-order valence-electron chi connectivity index (χ3n) is 3.82. The van der Waals surface area contributed by atoms with Crippen molar-refractivity contribution in [3.63, 3.8) is 0 Å². The van der Waals surface area contributed by atoms with E-state index in [9.17, 15) is 9.90 Å². The summed E-state index contributed by atoms with van der Waals surface area (Å²) in [5.41, 5.74) is 3.08. The summed E-state index contributed by atoms with van der Waals surface area (Å²) in [5.74, 6) is 0. The Labute approximate surface area is 145 Å². The van der Waals surface area contributed by atoms with Crippen molar-refractivity contribution in [2.24, 2.45) is 0 Å². The Kier molecular flexibility index (Phi) is 5.59. The number of aliphatic hydroxyl groups is 1. The number of thiazole rings is 1. The molecule has 0 aliphatic heterocycles. The minimum atomic E-state index is -0.0486. The summed E-state index contributed by atoms with van der Waals surface area (Å²) < 4.78 is 0. The second-order valence-corrected chi connectivity index (χ2v) is 6.67. The second kappa shape index (κ2) is 8.06. The van der Waals surface area contributed by atoms with E-state index in [4.69, 9.17) is 0 Å². The van der Waals surface area contributed by atoms with Crippen LogP contribution in [-0.2, 0) is 13.1 Å². The molecule has 3 aromatic rings. The fraction of sp³-hybridized carbons (Fsp3) is 0.211. The van der Waals surface area contributed by atoms with Gasteiger partial charge in [-0.1, -0.05) is 72.0 Å². The summed E-state index contributed by atoms with van der Waals surface area (Å²) in [4.78, 5) is 17.9. The van der Waals surface area contributed by atoms with Crippen molar-refractivity contribution in [2.75, 3.05) is 13.2 Å². The van der Waals surface area contributed by atoms with Gasteiger partial charge in [0.2, 0.25) is 0 Å². The molecule has 3 rings (SSSR count). The van der Waals surface area contributed by atoms with Crippen molar-refractivity contribution < 1.29 is 5.11 Å². The summed E-state index contributed by atoms with van der Waals surface area (Å²) in [7, 11) is 0. The Balaban J connectivity index is 1.84. The van der Waals surface area contributed by atoms with Gasteiger partial charge >= 0.3 is 4.87 Å². The molecular formula is C19H20N2O2S. The number of aromatic amines is 1. The minimum absolute atomic E-state index is 0.0486. The first-order valence-electron chi connectivity index (χ1n) is 7.91. The highest BCUT2D eigenvalue weighted by Gasteiger charge is 2.14. The number of rotatable bonds is 7. The molecule has 24 heavy (non-hydrogen) atoms. The topological polar surface area (TPSA) is 56.3 Å². The van der Waals surface area contributed by atoms with Gasteiger partial charge in [0.1, 0.15) is 0 Å². The molecule has 0 aliphatic carbocycles. The third-order valence-corrected chi connectivity index (χ3v) is 4.68. The predicted octanol–water partition coefficient (Wildman–Crippen LogP) is 3.10. The van der Waals surface area contributed by atoms with E-state index in [1.54, 1.807) is 0 Å². The summed E-state index contributed by atoms with van der Waals surface area (Å²) in [6.45, 7) is 2.02. The Hall–Kier alpha value is -2.21. The molecule has 124 valence electrons. The predicted molar refractivity (Wildman–Crippen MR) is 98.0 cm³/mol. The van der Waals surface area contributed by atoms with Crippen LogP contribution in [0.1, 0.15) is 10.4 Å². The van der Waals surface area contributed by atoms with Crippen LogP contribution in [0.2, 0.25) is 0 Å². The highest BCUT2D eigenvalue weighted by Crippen LogP contribution is 2.24. The molecule has 0 amide bonds. The highest BCUT2D eigenvalue weighted by atomic mass is 32.1. The van der Waals surface area contributed by atoms with Gasteiger partial charge in [0, 0.05) is 24.5 Å². The fourth-order valence-electron chi connectivity index (χ4n) is 2.71.